The normalized spacial score (nSPS) is 11.3. The van der Waals surface area contributed by atoms with Gasteiger partial charge in [0.2, 0.25) is 5.91 Å². The van der Waals surface area contributed by atoms with Crippen molar-refractivity contribution in [1.82, 2.24) is 15.5 Å². The molecule has 0 saturated carbocycles. The molecule has 1 aromatic carbocycles. The number of nitrogens with zero attached hydrogens (tertiary/aromatic N) is 1. The Balaban J connectivity index is 2.53. The Morgan fingerprint density at radius 2 is 1.76 bits per heavy atom. The number of nitrogens with one attached hydrogen (secondary N) is 2. The standard InChI is InChI=1S/C13H16F3N3O2/c1-17-12(21)18-11(20)8-19(2)7-9-3-5-10(6-4-9)13(14,15)16/h3-6H,7-8H2,1-2H3,(H2,17,18,20,21). The maximum atomic E-state index is 12.4. The molecule has 1 rings (SSSR count). The first-order chi connectivity index (χ1) is 9.72. The highest BCUT2D eigenvalue weighted by Crippen LogP contribution is 2.29. The largest absolute Gasteiger partial charge is 0.416 e. The van der Waals surface area contributed by atoms with Crippen molar-refractivity contribution < 1.29 is 22.8 Å². The van der Waals surface area contributed by atoms with Crippen LogP contribution in [0.5, 0.6) is 0 Å². The van der Waals surface area contributed by atoms with Gasteiger partial charge in [-0.2, -0.15) is 13.2 Å². The Morgan fingerprint density at radius 3 is 2.24 bits per heavy atom. The molecule has 0 spiro atoms. The van der Waals surface area contributed by atoms with Crippen molar-refractivity contribution in [3.63, 3.8) is 0 Å². The first-order valence-corrected chi connectivity index (χ1v) is 6.08. The van der Waals surface area contributed by atoms with Crippen LogP contribution in [0.3, 0.4) is 0 Å². The molecule has 0 radical (unpaired) electrons. The lowest BCUT2D eigenvalue weighted by Gasteiger charge is -2.16. The molecule has 0 aliphatic rings. The number of alkyl halides is 3. The van der Waals surface area contributed by atoms with Crippen molar-refractivity contribution >= 4 is 11.9 Å². The number of carbonyl (C=O) groups is 2. The summed E-state index contributed by atoms with van der Waals surface area (Å²) in [5, 5.41) is 4.34. The predicted octanol–water partition coefficient (Wildman–Crippen LogP) is 1.59. The van der Waals surface area contributed by atoms with Gasteiger partial charge in [-0.05, 0) is 24.7 Å². The Kier molecular flexibility index (Phi) is 5.71. The predicted molar refractivity (Wildman–Crippen MR) is 70.4 cm³/mol. The van der Waals surface area contributed by atoms with Crippen LogP contribution in [0.25, 0.3) is 0 Å². The van der Waals surface area contributed by atoms with Crippen LogP contribution in [0.2, 0.25) is 0 Å². The van der Waals surface area contributed by atoms with Crippen LogP contribution in [0.15, 0.2) is 24.3 Å². The molecular formula is C13H16F3N3O2. The highest BCUT2D eigenvalue weighted by atomic mass is 19.4. The minimum absolute atomic E-state index is 0.0472. The van der Waals surface area contributed by atoms with Gasteiger partial charge in [0.15, 0.2) is 0 Å². The van der Waals surface area contributed by atoms with E-state index in [9.17, 15) is 22.8 Å². The number of urea groups is 1. The number of rotatable bonds is 4. The van der Waals surface area contributed by atoms with Crippen LogP contribution in [0, 0.1) is 0 Å². The second-order valence-corrected chi connectivity index (χ2v) is 4.49. The van der Waals surface area contributed by atoms with Gasteiger partial charge in [-0.1, -0.05) is 12.1 Å². The molecule has 0 saturated heterocycles. The van der Waals surface area contributed by atoms with Crippen LogP contribution in [0.4, 0.5) is 18.0 Å². The van der Waals surface area contributed by atoms with E-state index in [4.69, 9.17) is 0 Å². The zero-order valence-corrected chi connectivity index (χ0v) is 11.6. The van der Waals surface area contributed by atoms with Gasteiger partial charge in [-0.15, -0.1) is 0 Å². The summed E-state index contributed by atoms with van der Waals surface area (Å²) in [6.45, 7) is 0.244. The van der Waals surface area contributed by atoms with E-state index < -0.39 is 23.7 Å². The Morgan fingerprint density at radius 1 is 1.19 bits per heavy atom. The number of benzene rings is 1. The topological polar surface area (TPSA) is 61.4 Å². The Hall–Kier alpha value is -2.09. The monoisotopic (exact) mass is 303 g/mol. The van der Waals surface area contributed by atoms with Gasteiger partial charge in [0.05, 0.1) is 12.1 Å². The molecular weight excluding hydrogens is 287 g/mol. The molecule has 0 heterocycles. The number of imide groups is 1. The fourth-order valence-corrected chi connectivity index (χ4v) is 1.64. The molecule has 8 heteroatoms. The number of halogens is 3. The van der Waals surface area contributed by atoms with Gasteiger partial charge in [0.1, 0.15) is 0 Å². The molecule has 0 fully saturated rings. The molecule has 0 bridgehead atoms. The third-order valence-electron chi connectivity index (χ3n) is 2.63. The van der Waals surface area contributed by atoms with E-state index in [1.54, 1.807) is 11.9 Å². The average molecular weight is 303 g/mol. The first-order valence-electron chi connectivity index (χ1n) is 6.08. The zero-order valence-electron chi connectivity index (χ0n) is 11.6. The molecule has 116 valence electrons. The number of carbonyl (C=O) groups excluding carboxylic acids is 2. The van der Waals surface area contributed by atoms with Crippen molar-refractivity contribution in [3.8, 4) is 0 Å². The van der Waals surface area contributed by atoms with Crippen LogP contribution in [-0.4, -0.2) is 37.5 Å². The molecule has 21 heavy (non-hydrogen) atoms. The highest BCUT2D eigenvalue weighted by molar-refractivity contribution is 5.95. The Labute approximate surface area is 120 Å². The average Bonchev–Trinajstić information content (AvgIpc) is 2.37. The number of hydrogen-bond donors (Lipinski definition) is 2. The lowest BCUT2D eigenvalue weighted by atomic mass is 10.1. The van der Waals surface area contributed by atoms with Crippen LogP contribution in [-0.2, 0) is 17.5 Å². The molecule has 0 aliphatic heterocycles. The van der Waals surface area contributed by atoms with Crippen molar-refractivity contribution in [3.05, 3.63) is 35.4 Å². The SMILES string of the molecule is CNC(=O)NC(=O)CN(C)Cc1ccc(C(F)(F)F)cc1. The van der Waals surface area contributed by atoms with Crippen LogP contribution >= 0.6 is 0 Å². The van der Waals surface area contributed by atoms with E-state index in [0.717, 1.165) is 12.1 Å². The molecule has 0 aliphatic carbocycles. The fraction of sp³-hybridized carbons (Fsp3) is 0.385. The van der Waals surface area contributed by atoms with E-state index in [-0.39, 0.29) is 6.54 Å². The smallest absolute Gasteiger partial charge is 0.341 e. The summed E-state index contributed by atoms with van der Waals surface area (Å²) in [4.78, 5) is 23.9. The van der Waals surface area contributed by atoms with E-state index in [1.807, 2.05) is 0 Å². The van der Waals surface area contributed by atoms with Gasteiger partial charge in [-0.25, -0.2) is 4.79 Å². The summed E-state index contributed by atoms with van der Waals surface area (Å²) in [5.74, 6) is -0.497. The van der Waals surface area contributed by atoms with Gasteiger partial charge < -0.3 is 5.32 Å². The maximum absolute atomic E-state index is 12.4. The first kappa shape index (κ1) is 17.0. The third kappa shape index (κ3) is 5.82. The molecule has 3 amide bonds. The van der Waals surface area contributed by atoms with E-state index in [0.29, 0.717) is 12.1 Å². The second-order valence-electron chi connectivity index (χ2n) is 4.49. The molecule has 0 aromatic heterocycles. The van der Waals surface area contributed by atoms with Crippen LogP contribution in [0.1, 0.15) is 11.1 Å². The lowest BCUT2D eigenvalue weighted by Crippen LogP contribution is -2.42. The molecule has 2 N–H and O–H groups in total. The third-order valence-corrected chi connectivity index (χ3v) is 2.63. The summed E-state index contributed by atoms with van der Waals surface area (Å²) in [6, 6.07) is 4.09. The molecule has 0 atom stereocenters. The van der Waals surface area contributed by atoms with Gasteiger partial charge in [0.25, 0.3) is 0 Å². The van der Waals surface area contributed by atoms with Crippen LogP contribution < -0.4 is 10.6 Å². The van der Waals surface area contributed by atoms with Gasteiger partial charge in [-0.3, -0.25) is 15.0 Å². The Bertz CT molecular complexity index is 500. The summed E-state index contributed by atoms with van der Waals surface area (Å²) < 4.78 is 37.2. The van der Waals surface area contributed by atoms with Crippen molar-refractivity contribution in [2.24, 2.45) is 0 Å². The second kappa shape index (κ2) is 7.07. The quantitative estimate of drug-likeness (QED) is 0.888. The van der Waals surface area contributed by atoms with E-state index >= 15 is 0 Å². The maximum Gasteiger partial charge on any atom is 0.416 e. The molecule has 1 aromatic rings. The van der Waals surface area contributed by atoms with Crippen molar-refractivity contribution in [2.45, 2.75) is 12.7 Å². The number of hydrogen-bond acceptors (Lipinski definition) is 3. The highest BCUT2D eigenvalue weighted by Gasteiger charge is 2.29. The zero-order chi connectivity index (χ0) is 16.0. The minimum Gasteiger partial charge on any atom is -0.341 e. The van der Waals surface area contributed by atoms with Crippen molar-refractivity contribution in [1.29, 1.82) is 0 Å². The van der Waals surface area contributed by atoms with Gasteiger partial charge >= 0.3 is 12.2 Å². The molecule has 0 unspecified atom stereocenters. The lowest BCUT2D eigenvalue weighted by molar-refractivity contribution is -0.137. The van der Waals surface area contributed by atoms with Gasteiger partial charge in [0, 0.05) is 13.6 Å². The van der Waals surface area contributed by atoms with Crippen molar-refractivity contribution in [2.75, 3.05) is 20.6 Å². The van der Waals surface area contributed by atoms with E-state index in [2.05, 4.69) is 10.6 Å². The summed E-state index contributed by atoms with van der Waals surface area (Å²) in [7, 11) is 3.01. The molecule has 5 nitrogen and oxygen atoms in total. The summed E-state index contributed by atoms with van der Waals surface area (Å²) in [5.41, 5.74) is -0.0792. The number of likely N-dealkylation sites (N-methyl/N-ethyl adjacent to an activating group) is 1. The number of amides is 3. The fourth-order valence-electron chi connectivity index (χ4n) is 1.64. The summed E-state index contributed by atoms with van der Waals surface area (Å²) >= 11 is 0. The van der Waals surface area contributed by atoms with E-state index in [1.165, 1.54) is 19.2 Å². The summed E-state index contributed by atoms with van der Waals surface area (Å²) in [6.07, 6.45) is -4.36. The minimum atomic E-state index is -4.36.